The largest absolute Gasteiger partial charge is 0.467 e. The first-order chi connectivity index (χ1) is 10.0. The molecule has 0 fully saturated rings. The van der Waals surface area contributed by atoms with Gasteiger partial charge in [-0.2, -0.15) is 0 Å². The van der Waals surface area contributed by atoms with Crippen LogP contribution < -0.4 is 5.32 Å². The Bertz CT molecular complexity index is 655. The Morgan fingerprint density at radius 2 is 2.05 bits per heavy atom. The number of halogens is 2. The van der Waals surface area contributed by atoms with Gasteiger partial charge in [0.05, 0.1) is 13.4 Å². The monoisotopic (exact) mass is 295 g/mol. The van der Waals surface area contributed by atoms with Gasteiger partial charge in [0.25, 0.3) is 5.91 Å². The van der Waals surface area contributed by atoms with Crippen LogP contribution in [0.2, 0.25) is 0 Å². The molecule has 0 radical (unpaired) electrons. The van der Waals surface area contributed by atoms with Gasteiger partial charge in [-0.1, -0.05) is 0 Å². The number of nitrogens with one attached hydrogen (secondary N) is 1. The average molecular weight is 295 g/mol. The van der Waals surface area contributed by atoms with Crippen molar-refractivity contribution in [3.8, 4) is 0 Å². The van der Waals surface area contributed by atoms with E-state index in [2.05, 4.69) is 10.1 Å². The Morgan fingerprint density at radius 1 is 1.29 bits per heavy atom. The first kappa shape index (κ1) is 14.7. The third kappa shape index (κ3) is 3.25. The zero-order valence-corrected chi connectivity index (χ0v) is 10.9. The van der Waals surface area contributed by atoms with Gasteiger partial charge in [-0.3, -0.25) is 4.79 Å². The normalized spacial score (nSPS) is 11.8. The van der Waals surface area contributed by atoms with E-state index in [1.54, 1.807) is 0 Å². The fourth-order valence-electron chi connectivity index (χ4n) is 1.73. The van der Waals surface area contributed by atoms with Crippen molar-refractivity contribution in [2.75, 3.05) is 7.11 Å². The molecule has 0 saturated carbocycles. The molecule has 110 valence electrons. The van der Waals surface area contributed by atoms with E-state index in [0.29, 0.717) is 0 Å². The van der Waals surface area contributed by atoms with Crippen LogP contribution in [0.25, 0.3) is 0 Å². The van der Waals surface area contributed by atoms with E-state index in [1.165, 1.54) is 18.4 Å². The van der Waals surface area contributed by atoms with Gasteiger partial charge in [-0.05, 0) is 30.3 Å². The Kier molecular flexibility index (Phi) is 4.32. The summed E-state index contributed by atoms with van der Waals surface area (Å²) < 4.78 is 36.4. The lowest BCUT2D eigenvalue weighted by Crippen LogP contribution is -2.35. The highest BCUT2D eigenvalue weighted by atomic mass is 19.1. The maximum absolute atomic E-state index is 13.8. The summed E-state index contributed by atoms with van der Waals surface area (Å²) in [7, 11) is 1.07. The SMILES string of the molecule is COC(=O)[C@H](NC(=O)c1ccco1)c1cc(F)ccc1F. The first-order valence-corrected chi connectivity index (χ1v) is 5.90. The Balaban J connectivity index is 2.33. The third-order valence-corrected chi connectivity index (χ3v) is 2.73. The summed E-state index contributed by atoms with van der Waals surface area (Å²) in [6, 6.07) is 3.94. The zero-order valence-electron chi connectivity index (χ0n) is 10.9. The maximum atomic E-state index is 13.8. The van der Waals surface area contributed by atoms with Gasteiger partial charge < -0.3 is 14.5 Å². The summed E-state index contributed by atoms with van der Waals surface area (Å²) in [5.74, 6) is -3.33. The number of carbonyl (C=O) groups excluding carboxylic acids is 2. The lowest BCUT2D eigenvalue weighted by molar-refractivity contribution is -0.143. The van der Waals surface area contributed by atoms with E-state index in [0.717, 1.165) is 25.3 Å². The molecule has 0 spiro atoms. The molecule has 2 rings (SSSR count). The predicted molar refractivity (Wildman–Crippen MR) is 67.3 cm³/mol. The van der Waals surface area contributed by atoms with Crippen molar-refractivity contribution in [3.63, 3.8) is 0 Å². The number of hydrogen-bond donors (Lipinski definition) is 1. The van der Waals surface area contributed by atoms with Crippen molar-refractivity contribution < 1.29 is 27.5 Å². The van der Waals surface area contributed by atoms with Gasteiger partial charge in [-0.15, -0.1) is 0 Å². The lowest BCUT2D eigenvalue weighted by atomic mass is 10.1. The minimum absolute atomic E-state index is 0.0688. The number of furan rings is 1. The molecular weight excluding hydrogens is 284 g/mol. The van der Waals surface area contributed by atoms with Crippen molar-refractivity contribution in [1.82, 2.24) is 5.32 Å². The molecule has 1 atom stereocenters. The van der Waals surface area contributed by atoms with Crippen molar-refractivity contribution in [3.05, 3.63) is 59.6 Å². The number of benzene rings is 1. The predicted octanol–water partition coefficient (Wildman–Crippen LogP) is 2.20. The van der Waals surface area contributed by atoms with Gasteiger partial charge in [-0.25, -0.2) is 13.6 Å². The molecule has 0 aliphatic rings. The molecular formula is C14H11F2NO4. The van der Waals surface area contributed by atoms with Crippen LogP contribution in [0, 0.1) is 11.6 Å². The second-order valence-corrected chi connectivity index (χ2v) is 4.07. The number of esters is 1. The molecule has 0 bridgehead atoms. The highest BCUT2D eigenvalue weighted by Crippen LogP contribution is 2.20. The lowest BCUT2D eigenvalue weighted by Gasteiger charge is -2.16. The van der Waals surface area contributed by atoms with Crippen LogP contribution >= 0.6 is 0 Å². The number of hydrogen-bond acceptors (Lipinski definition) is 4. The first-order valence-electron chi connectivity index (χ1n) is 5.90. The fraction of sp³-hybridized carbons (Fsp3) is 0.143. The van der Waals surface area contributed by atoms with Crippen molar-refractivity contribution >= 4 is 11.9 Å². The summed E-state index contributed by atoms with van der Waals surface area (Å²) in [5.41, 5.74) is -0.332. The van der Waals surface area contributed by atoms with E-state index in [4.69, 9.17) is 4.42 Å². The van der Waals surface area contributed by atoms with Crippen molar-refractivity contribution in [2.24, 2.45) is 0 Å². The molecule has 0 aliphatic carbocycles. The highest BCUT2D eigenvalue weighted by Gasteiger charge is 2.28. The molecule has 1 aromatic heterocycles. The molecule has 2 aromatic rings. The van der Waals surface area contributed by atoms with Crippen LogP contribution in [-0.4, -0.2) is 19.0 Å². The molecule has 1 heterocycles. The van der Waals surface area contributed by atoms with Crippen LogP contribution in [-0.2, 0) is 9.53 Å². The van der Waals surface area contributed by atoms with Crippen LogP contribution in [0.5, 0.6) is 0 Å². The summed E-state index contributed by atoms with van der Waals surface area (Å²) in [5, 5.41) is 2.24. The third-order valence-electron chi connectivity index (χ3n) is 2.73. The summed E-state index contributed by atoms with van der Waals surface area (Å²) in [4.78, 5) is 23.6. The molecule has 0 unspecified atom stereocenters. The van der Waals surface area contributed by atoms with E-state index < -0.39 is 29.6 Å². The van der Waals surface area contributed by atoms with Crippen molar-refractivity contribution in [1.29, 1.82) is 0 Å². The smallest absolute Gasteiger partial charge is 0.333 e. The van der Waals surface area contributed by atoms with Crippen molar-refractivity contribution in [2.45, 2.75) is 6.04 Å². The highest BCUT2D eigenvalue weighted by molar-refractivity contribution is 5.94. The topological polar surface area (TPSA) is 68.5 Å². The van der Waals surface area contributed by atoms with Gasteiger partial charge >= 0.3 is 5.97 Å². The Labute approximate surface area is 118 Å². The molecule has 1 amide bonds. The van der Waals surface area contributed by atoms with Gasteiger partial charge in [0, 0.05) is 5.56 Å². The molecule has 1 aromatic carbocycles. The van der Waals surface area contributed by atoms with Crippen LogP contribution in [0.3, 0.4) is 0 Å². The molecule has 0 aliphatic heterocycles. The quantitative estimate of drug-likeness (QED) is 0.878. The van der Waals surface area contributed by atoms with Gasteiger partial charge in [0.2, 0.25) is 0 Å². The van der Waals surface area contributed by atoms with E-state index >= 15 is 0 Å². The summed E-state index contributed by atoms with van der Waals surface area (Å²) in [6.07, 6.45) is 1.27. The fourth-order valence-corrected chi connectivity index (χ4v) is 1.73. The molecule has 7 heteroatoms. The van der Waals surface area contributed by atoms with E-state index in [-0.39, 0.29) is 11.3 Å². The number of rotatable bonds is 4. The minimum atomic E-state index is -1.48. The second kappa shape index (κ2) is 6.17. The molecule has 1 N–H and O–H groups in total. The average Bonchev–Trinajstić information content (AvgIpc) is 3.01. The summed E-state index contributed by atoms with van der Waals surface area (Å²) >= 11 is 0. The van der Waals surface area contributed by atoms with Crippen LogP contribution in [0.15, 0.2) is 41.0 Å². The molecule has 21 heavy (non-hydrogen) atoms. The standard InChI is InChI=1S/C14H11F2NO4/c1-20-14(19)12(9-7-8(15)4-5-10(9)16)17-13(18)11-3-2-6-21-11/h2-7,12H,1H3,(H,17,18)/t12-/m1/s1. The van der Waals surface area contributed by atoms with E-state index in [1.807, 2.05) is 0 Å². The Hall–Kier alpha value is -2.70. The second-order valence-electron chi connectivity index (χ2n) is 4.07. The van der Waals surface area contributed by atoms with Gasteiger partial charge in [0.1, 0.15) is 11.6 Å². The minimum Gasteiger partial charge on any atom is -0.467 e. The molecule has 5 nitrogen and oxygen atoms in total. The summed E-state index contributed by atoms with van der Waals surface area (Å²) in [6.45, 7) is 0. The van der Waals surface area contributed by atoms with Crippen LogP contribution in [0.1, 0.15) is 22.2 Å². The number of methoxy groups -OCH3 is 1. The number of amides is 1. The Morgan fingerprint density at radius 3 is 2.67 bits per heavy atom. The maximum Gasteiger partial charge on any atom is 0.333 e. The van der Waals surface area contributed by atoms with Crippen LogP contribution in [0.4, 0.5) is 8.78 Å². The zero-order chi connectivity index (χ0) is 15.4. The van der Waals surface area contributed by atoms with Gasteiger partial charge in [0.15, 0.2) is 11.8 Å². The number of ether oxygens (including phenoxy) is 1. The van der Waals surface area contributed by atoms with E-state index in [9.17, 15) is 18.4 Å². The molecule has 0 saturated heterocycles. The number of carbonyl (C=O) groups is 2.